The zero-order valence-corrected chi connectivity index (χ0v) is 13.4. The van der Waals surface area contributed by atoms with Gasteiger partial charge in [-0.05, 0) is 31.2 Å². The lowest BCUT2D eigenvalue weighted by molar-refractivity contribution is -0.0499. The van der Waals surface area contributed by atoms with Gasteiger partial charge in [0.15, 0.2) is 0 Å². The minimum atomic E-state index is -4.05. The van der Waals surface area contributed by atoms with Crippen molar-refractivity contribution in [2.75, 3.05) is 0 Å². The number of hydrogen-bond donors (Lipinski definition) is 0. The first-order valence-electron chi connectivity index (χ1n) is 6.82. The van der Waals surface area contributed by atoms with Crippen LogP contribution in [-0.4, -0.2) is 15.0 Å². The van der Waals surface area contributed by atoms with Gasteiger partial charge in [-0.15, -0.1) is 0 Å². The Bertz CT molecular complexity index is 898. The van der Waals surface area contributed by atoms with Crippen LogP contribution in [0.1, 0.15) is 11.1 Å². The Balaban J connectivity index is 2.51. The van der Waals surface area contributed by atoms with Crippen molar-refractivity contribution in [3.8, 4) is 11.8 Å². The molecule has 4 nitrogen and oxygen atoms in total. The van der Waals surface area contributed by atoms with E-state index in [9.17, 15) is 22.5 Å². The lowest BCUT2D eigenvalue weighted by atomic mass is 10.2. The Kier molecular flexibility index (Phi) is 5.31. The summed E-state index contributed by atoms with van der Waals surface area (Å²) in [5, 5.41) is 9.23. The van der Waals surface area contributed by atoms with Crippen LogP contribution >= 0.6 is 0 Å². The third-order valence-electron chi connectivity index (χ3n) is 3.15. The summed E-state index contributed by atoms with van der Waals surface area (Å²) in [5.74, 6) is -0.209. The van der Waals surface area contributed by atoms with Crippen molar-refractivity contribution in [3.63, 3.8) is 0 Å². The molecule has 0 N–H and O–H groups in total. The van der Waals surface area contributed by atoms with Gasteiger partial charge < -0.3 is 4.74 Å². The van der Waals surface area contributed by atoms with Gasteiger partial charge in [-0.1, -0.05) is 35.9 Å². The fraction of sp³-hybridized carbons (Fsp3) is 0.118. The second-order valence-electron chi connectivity index (χ2n) is 4.85. The molecule has 7 heteroatoms. The Morgan fingerprint density at radius 1 is 1.17 bits per heavy atom. The molecule has 2 aromatic rings. The molecule has 0 saturated carbocycles. The van der Waals surface area contributed by atoms with E-state index in [2.05, 4.69) is 4.74 Å². The predicted molar refractivity (Wildman–Crippen MR) is 85.0 cm³/mol. The van der Waals surface area contributed by atoms with Gasteiger partial charge in [0, 0.05) is 5.56 Å². The first kappa shape index (κ1) is 17.6. The summed E-state index contributed by atoms with van der Waals surface area (Å²) < 4.78 is 54.3. The normalized spacial score (nSPS) is 12.0. The lowest BCUT2D eigenvalue weighted by Crippen LogP contribution is -2.05. The van der Waals surface area contributed by atoms with Crippen molar-refractivity contribution in [1.82, 2.24) is 0 Å². The van der Waals surface area contributed by atoms with E-state index in [1.807, 2.05) is 0 Å². The molecule has 2 aromatic carbocycles. The smallest absolute Gasteiger partial charge is 0.387 e. The first-order chi connectivity index (χ1) is 11.3. The van der Waals surface area contributed by atoms with Gasteiger partial charge >= 0.3 is 6.61 Å². The fourth-order valence-electron chi connectivity index (χ4n) is 1.96. The second-order valence-corrected chi connectivity index (χ2v) is 6.77. The van der Waals surface area contributed by atoms with Gasteiger partial charge in [-0.3, -0.25) is 0 Å². The van der Waals surface area contributed by atoms with E-state index < -0.39 is 21.4 Å². The number of benzene rings is 2. The number of aryl methyl sites for hydroxylation is 1. The summed E-state index contributed by atoms with van der Waals surface area (Å²) in [6, 6.07) is 13.3. The van der Waals surface area contributed by atoms with Crippen molar-refractivity contribution in [2.24, 2.45) is 0 Å². The molecule has 0 fully saturated rings. The summed E-state index contributed by atoms with van der Waals surface area (Å²) in [7, 11) is -4.05. The van der Waals surface area contributed by atoms with E-state index in [-0.39, 0.29) is 16.2 Å². The molecule has 124 valence electrons. The number of sulfone groups is 1. The summed E-state index contributed by atoms with van der Waals surface area (Å²) >= 11 is 0. The minimum absolute atomic E-state index is 0.0480. The van der Waals surface area contributed by atoms with Crippen molar-refractivity contribution in [3.05, 3.63) is 64.6 Å². The summed E-state index contributed by atoms with van der Waals surface area (Å²) in [6.45, 7) is -1.26. The van der Waals surface area contributed by atoms with Crippen LogP contribution in [0.5, 0.6) is 5.75 Å². The molecule has 0 aliphatic heterocycles. The van der Waals surface area contributed by atoms with Gasteiger partial charge in [-0.2, -0.15) is 14.0 Å². The third kappa shape index (κ3) is 3.97. The van der Waals surface area contributed by atoms with Crippen LogP contribution in [0.4, 0.5) is 8.78 Å². The van der Waals surface area contributed by atoms with Crippen LogP contribution in [0, 0.1) is 18.3 Å². The maximum atomic E-state index is 12.5. The number of para-hydroxylation sites is 1. The predicted octanol–water partition coefficient (Wildman–Crippen LogP) is 3.93. The standard InChI is InChI=1S/C17H13F2NO3S/c1-12-6-8-14(9-7-12)24(21,22)15(11-20)10-13-4-2-3-5-16(13)23-17(18)19/h2-10,17H,1H3/b15-10+. The van der Waals surface area contributed by atoms with Gasteiger partial charge in [0.05, 0.1) is 4.90 Å². The maximum Gasteiger partial charge on any atom is 0.387 e. The van der Waals surface area contributed by atoms with E-state index in [1.54, 1.807) is 25.1 Å². The van der Waals surface area contributed by atoms with Gasteiger partial charge in [0.1, 0.15) is 16.7 Å². The van der Waals surface area contributed by atoms with Crippen LogP contribution in [0.2, 0.25) is 0 Å². The highest BCUT2D eigenvalue weighted by Gasteiger charge is 2.21. The lowest BCUT2D eigenvalue weighted by Gasteiger charge is -2.08. The first-order valence-corrected chi connectivity index (χ1v) is 8.30. The van der Waals surface area contributed by atoms with E-state index in [0.29, 0.717) is 0 Å². The molecule has 0 radical (unpaired) electrons. The third-order valence-corrected chi connectivity index (χ3v) is 4.83. The largest absolute Gasteiger partial charge is 0.434 e. The second kappa shape index (κ2) is 7.23. The molecule has 0 saturated heterocycles. The van der Waals surface area contributed by atoms with Crippen LogP contribution in [0.15, 0.2) is 58.3 Å². The Labute approximate surface area is 138 Å². The maximum absolute atomic E-state index is 12.5. The number of nitrogens with zero attached hydrogens (tertiary/aromatic N) is 1. The topological polar surface area (TPSA) is 67.2 Å². The molecule has 24 heavy (non-hydrogen) atoms. The van der Waals surface area contributed by atoms with Crippen molar-refractivity contribution in [2.45, 2.75) is 18.4 Å². The quantitative estimate of drug-likeness (QED) is 0.767. The number of rotatable bonds is 5. The summed E-state index contributed by atoms with van der Waals surface area (Å²) in [4.78, 5) is -0.607. The van der Waals surface area contributed by atoms with Crippen LogP contribution in [-0.2, 0) is 9.84 Å². The molecule has 0 atom stereocenters. The Hall–Kier alpha value is -2.72. The average molecular weight is 349 g/mol. The summed E-state index contributed by atoms with van der Waals surface area (Å²) in [6.07, 6.45) is 1.02. The molecule has 0 aliphatic rings. The zero-order valence-electron chi connectivity index (χ0n) is 12.6. The number of nitriles is 1. The average Bonchev–Trinajstić information content (AvgIpc) is 2.53. The molecule has 0 aliphatic carbocycles. The SMILES string of the molecule is Cc1ccc(S(=O)(=O)/C(C#N)=C/c2ccccc2OC(F)F)cc1. The van der Waals surface area contributed by atoms with E-state index >= 15 is 0 Å². The van der Waals surface area contributed by atoms with Crippen LogP contribution in [0.25, 0.3) is 6.08 Å². The molecular weight excluding hydrogens is 336 g/mol. The Morgan fingerprint density at radius 2 is 1.79 bits per heavy atom. The molecule has 0 unspecified atom stereocenters. The molecule has 0 bridgehead atoms. The highest BCUT2D eigenvalue weighted by molar-refractivity contribution is 7.95. The zero-order chi connectivity index (χ0) is 17.7. The summed E-state index contributed by atoms with van der Waals surface area (Å²) in [5.41, 5.74) is 0.942. The highest BCUT2D eigenvalue weighted by Crippen LogP contribution is 2.26. The molecule has 0 aromatic heterocycles. The molecule has 0 amide bonds. The van der Waals surface area contributed by atoms with Gasteiger partial charge in [-0.25, -0.2) is 8.42 Å². The Morgan fingerprint density at radius 3 is 2.38 bits per heavy atom. The van der Waals surface area contributed by atoms with Crippen molar-refractivity contribution >= 4 is 15.9 Å². The van der Waals surface area contributed by atoms with Crippen LogP contribution in [0.3, 0.4) is 0 Å². The van der Waals surface area contributed by atoms with Crippen molar-refractivity contribution < 1.29 is 21.9 Å². The van der Waals surface area contributed by atoms with E-state index in [4.69, 9.17) is 0 Å². The fourth-order valence-corrected chi connectivity index (χ4v) is 3.11. The monoisotopic (exact) mass is 349 g/mol. The minimum Gasteiger partial charge on any atom is -0.434 e. The van der Waals surface area contributed by atoms with E-state index in [0.717, 1.165) is 11.6 Å². The number of alkyl halides is 2. The van der Waals surface area contributed by atoms with Crippen molar-refractivity contribution in [1.29, 1.82) is 5.26 Å². The molecule has 2 rings (SSSR count). The molecule has 0 heterocycles. The molecular formula is C17H13F2NO3S. The van der Waals surface area contributed by atoms with Gasteiger partial charge in [0.25, 0.3) is 0 Å². The van der Waals surface area contributed by atoms with Crippen LogP contribution < -0.4 is 4.74 Å². The number of hydrogen-bond acceptors (Lipinski definition) is 4. The highest BCUT2D eigenvalue weighted by atomic mass is 32.2. The van der Waals surface area contributed by atoms with Gasteiger partial charge in [0.2, 0.25) is 9.84 Å². The van der Waals surface area contributed by atoms with E-state index in [1.165, 1.54) is 36.4 Å². The number of halogens is 2. The number of allylic oxidation sites excluding steroid dienone is 1. The molecule has 0 spiro atoms. The number of ether oxygens (including phenoxy) is 1.